The summed E-state index contributed by atoms with van der Waals surface area (Å²) >= 11 is 1.47. The molecule has 0 radical (unpaired) electrons. The Morgan fingerprint density at radius 1 is 1.23 bits per heavy atom. The molecular formula is C22H29N5O3S. The van der Waals surface area contributed by atoms with Crippen molar-refractivity contribution in [1.82, 2.24) is 14.8 Å². The molecule has 3 amide bonds. The van der Waals surface area contributed by atoms with Gasteiger partial charge in [-0.2, -0.15) is 0 Å². The molecule has 3 N–H and O–H groups in total. The molecule has 8 nitrogen and oxygen atoms in total. The van der Waals surface area contributed by atoms with Crippen LogP contribution in [0.1, 0.15) is 34.5 Å². The summed E-state index contributed by atoms with van der Waals surface area (Å²) in [7, 11) is 1.89. The van der Waals surface area contributed by atoms with E-state index in [1.807, 2.05) is 50.1 Å². The predicted octanol–water partition coefficient (Wildman–Crippen LogP) is 1.88. The summed E-state index contributed by atoms with van der Waals surface area (Å²) in [5.41, 5.74) is 8.55. The van der Waals surface area contributed by atoms with Crippen LogP contribution in [0.3, 0.4) is 0 Å². The molecule has 0 unspecified atom stereocenters. The lowest BCUT2D eigenvalue weighted by Crippen LogP contribution is -2.30. The average molecular weight is 444 g/mol. The zero-order valence-corrected chi connectivity index (χ0v) is 19.2. The molecule has 1 aromatic heterocycles. The number of rotatable bonds is 7. The lowest BCUT2D eigenvalue weighted by atomic mass is 9.88. The van der Waals surface area contributed by atoms with Crippen LogP contribution in [-0.2, 0) is 20.9 Å². The van der Waals surface area contributed by atoms with Crippen molar-refractivity contribution >= 4 is 34.2 Å². The third-order valence-corrected chi connectivity index (χ3v) is 6.67. The van der Waals surface area contributed by atoms with Gasteiger partial charge in [-0.05, 0) is 32.0 Å². The smallest absolute Gasteiger partial charge is 0.240 e. The van der Waals surface area contributed by atoms with Gasteiger partial charge in [0, 0.05) is 37.4 Å². The van der Waals surface area contributed by atoms with Crippen LogP contribution in [0, 0.1) is 19.8 Å². The van der Waals surface area contributed by atoms with E-state index in [1.165, 1.54) is 18.3 Å². The van der Waals surface area contributed by atoms with Crippen LogP contribution < -0.4 is 11.1 Å². The Balaban J connectivity index is 1.57. The molecule has 0 spiro atoms. The number of likely N-dealkylation sites (N-methyl/N-ethyl adjacent to an activating group) is 1. The Morgan fingerprint density at radius 3 is 2.45 bits per heavy atom. The van der Waals surface area contributed by atoms with Crippen molar-refractivity contribution in [3.05, 3.63) is 46.0 Å². The van der Waals surface area contributed by atoms with Crippen molar-refractivity contribution in [2.45, 2.75) is 33.2 Å². The number of benzene rings is 1. The van der Waals surface area contributed by atoms with E-state index in [0.29, 0.717) is 24.8 Å². The highest BCUT2D eigenvalue weighted by Gasteiger charge is 2.38. The number of aromatic nitrogens is 1. The van der Waals surface area contributed by atoms with Crippen LogP contribution in [-0.4, -0.2) is 59.2 Å². The molecule has 166 valence electrons. The summed E-state index contributed by atoms with van der Waals surface area (Å²) in [6, 6.07) is 7.95. The fraction of sp³-hybridized carbons (Fsp3) is 0.455. The first-order valence-electron chi connectivity index (χ1n) is 10.2. The van der Waals surface area contributed by atoms with E-state index in [0.717, 1.165) is 21.7 Å². The Hall–Kier alpha value is -2.78. The SMILES string of the molecule is CC(=O)N1C[C@H](C(N)=O)[C@@H](c2ccc(CN(C)CC(=O)Nc3nc(C)c(C)s3)cc2)C1. The quantitative estimate of drug-likeness (QED) is 0.679. The van der Waals surface area contributed by atoms with E-state index in [1.54, 1.807) is 4.90 Å². The number of aryl methyl sites for hydroxylation is 2. The number of anilines is 1. The molecule has 1 fully saturated rings. The summed E-state index contributed by atoms with van der Waals surface area (Å²) in [6.07, 6.45) is 0. The number of hydrogen-bond donors (Lipinski definition) is 2. The van der Waals surface area contributed by atoms with E-state index in [4.69, 9.17) is 5.73 Å². The lowest BCUT2D eigenvalue weighted by molar-refractivity contribution is -0.128. The van der Waals surface area contributed by atoms with Crippen molar-refractivity contribution in [1.29, 1.82) is 0 Å². The summed E-state index contributed by atoms with van der Waals surface area (Å²) in [5.74, 6) is -1.00. The molecule has 3 rings (SSSR count). The van der Waals surface area contributed by atoms with E-state index < -0.39 is 0 Å². The number of nitrogens with one attached hydrogen (secondary N) is 1. The van der Waals surface area contributed by atoms with Crippen LogP contribution in [0.2, 0.25) is 0 Å². The summed E-state index contributed by atoms with van der Waals surface area (Å²) in [6.45, 7) is 7.13. The van der Waals surface area contributed by atoms with Crippen LogP contribution in [0.5, 0.6) is 0 Å². The predicted molar refractivity (Wildman–Crippen MR) is 121 cm³/mol. The van der Waals surface area contributed by atoms with E-state index in [2.05, 4.69) is 10.3 Å². The van der Waals surface area contributed by atoms with Crippen molar-refractivity contribution in [3.8, 4) is 0 Å². The van der Waals surface area contributed by atoms with Crippen LogP contribution in [0.4, 0.5) is 5.13 Å². The van der Waals surface area contributed by atoms with Crippen molar-refractivity contribution in [2.24, 2.45) is 11.7 Å². The van der Waals surface area contributed by atoms with Gasteiger partial charge >= 0.3 is 0 Å². The van der Waals surface area contributed by atoms with Gasteiger partial charge in [0.25, 0.3) is 0 Å². The number of nitrogens with two attached hydrogens (primary N) is 1. The second-order valence-electron chi connectivity index (χ2n) is 8.16. The molecule has 31 heavy (non-hydrogen) atoms. The van der Waals surface area contributed by atoms with Gasteiger partial charge in [0.1, 0.15) is 0 Å². The Kier molecular flexibility index (Phi) is 7.07. The topological polar surface area (TPSA) is 109 Å². The maximum absolute atomic E-state index is 12.3. The third-order valence-electron chi connectivity index (χ3n) is 5.68. The molecule has 9 heteroatoms. The zero-order valence-electron chi connectivity index (χ0n) is 18.3. The molecule has 2 heterocycles. The highest BCUT2D eigenvalue weighted by Crippen LogP contribution is 2.32. The number of thiazole rings is 1. The molecule has 1 saturated heterocycles. The minimum Gasteiger partial charge on any atom is -0.369 e. The number of amides is 3. The zero-order chi connectivity index (χ0) is 22.7. The van der Waals surface area contributed by atoms with Crippen LogP contribution in [0.25, 0.3) is 0 Å². The Morgan fingerprint density at radius 2 is 1.90 bits per heavy atom. The van der Waals surface area contributed by atoms with Gasteiger partial charge in [-0.15, -0.1) is 11.3 Å². The van der Waals surface area contributed by atoms with Gasteiger partial charge in [-0.3, -0.25) is 19.3 Å². The number of nitrogens with zero attached hydrogens (tertiary/aromatic N) is 3. The Labute approximate surface area is 186 Å². The van der Waals surface area contributed by atoms with Gasteiger partial charge < -0.3 is 16.0 Å². The third kappa shape index (κ3) is 5.68. The first-order valence-corrected chi connectivity index (χ1v) is 11.0. The van der Waals surface area contributed by atoms with Crippen molar-refractivity contribution < 1.29 is 14.4 Å². The lowest BCUT2D eigenvalue weighted by Gasteiger charge is -2.18. The molecule has 2 atom stereocenters. The normalized spacial score (nSPS) is 18.4. The molecule has 0 bridgehead atoms. The van der Waals surface area contributed by atoms with Crippen molar-refractivity contribution in [3.63, 3.8) is 0 Å². The van der Waals surface area contributed by atoms with E-state index in [-0.39, 0.29) is 36.1 Å². The summed E-state index contributed by atoms with van der Waals surface area (Å²) in [4.78, 5) is 44.9. The molecule has 0 saturated carbocycles. The fourth-order valence-electron chi connectivity index (χ4n) is 3.85. The van der Waals surface area contributed by atoms with Gasteiger partial charge in [0.15, 0.2) is 5.13 Å². The first kappa shape index (κ1) is 22.9. The first-order chi connectivity index (χ1) is 14.6. The van der Waals surface area contributed by atoms with E-state index in [9.17, 15) is 14.4 Å². The van der Waals surface area contributed by atoms with Gasteiger partial charge in [-0.25, -0.2) is 4.98 Å². The average Bonchev–Trinajstić information content (AvgIpc) is 3.26. The molecule has 1 aliphatic rings. The van der Waals surface area contributed by atoms with Gasteiger partial charge in [0.05, 0.1) is 18.2 Å². The highest BCUT2D eigenvalue weighted by atomic mass is 32.1. The number of primary amides is 1. The number of carbonyl (C=O) groups is 3. The molecule has 1 aliphatic heterocycles. The van der Waals surface area contributed by atoms with Crippen molar-refractivity contribution in [2.75, 3.05) is 32.0 Å². The number of likely N-dealkylation sites (tertiary alicyclic amines) is 1. The highest BCUT2D eigenvalue weighted by molar-refractivity contribution is 7.15. The second kappa shape index (κ2) is 9.57. The van der Waals surface area contributed by atoms with Crippen LogP contribution >= 0.6 is 11.3 Å². The molecule has 0 aliphatic carbocycles. The number of carbonyl (C=O) groups excluding carboxylic acids is 3. The molecule has 2 aromatic rings. The fourth-order valence-corrected chi connectivity index (χ4v) is 4.69. The Bertz CT molecular complexity index is 953. The van der Waals surface area contributed by atoms with E-state index >= 15 is 0 Å². The maximum atomic E-state index is 12.3. The van der Waals surface area contributed by atoms with Gasteiger partial charge in [0.2, 0.25) is 17.7 Å². The second-order valence-corrected chi connectivity index (χ2v) is 9.37. The summed E-state index contributed by atoms with van der Waals surface area (Å²) in [5, 5.41) is 3.47. The largest absolute Gasteiger partial charge is 0.369 e. The standard InChI is InChI=1S/C22H29N5O3S/c1-13-14(2)31-22(24-13)25-20(29)12-26(4)9-16-5-7-17(8-6-16)18-10-27(15(3)28)11-19(18)21(23)30/h5-8,18-19H,9-12H2,1-4H3,(H2,23,30)(H,24,25,29)/t18-,19+/m1/s1. The summed E-state index contributed by atoms with van der Waals surface area (Å²) < 4.78 is 0. The van der Waals surface area contributed by atoms with Crippen LogP contribution in [0.15, 0.2) is 24.3 Å². The minimum atomic E-state index is -0.380. The van der Waals surface area contributed by atoms with Gasteiger partial charge in [-0.1, -0.05) is 24.3 Å². The number of hydrogen-bond acceptors (Lipinski definition) is 6. The molecular weight excluding hydrogens is 414 g/mol. The molecule has 1 aromatic carbocycles. The monoisotopic (exact) mass is 443 g/mol. The minimum absolute atomic E-state index is 0.0478. The maximum Gasteiger partial charge on any atom is 0.240 e.